The highest BCUT2D eigenvalue weighted by Crippen LogP contribution is 2.18. The van der Waals surface area contributed by atoms with Crippen molar-refractivity contribution >= 4 is 19.1 Å². The Hall–Kier alpha value is -0.498. The molecule has 72 valence electrons. The summed E-state index contributed by atoms with van der Waals surface area (Å²) < 4.78 is 0. The molecule has 0 aromatic heterocycles. The lowest BCUT2D eigenvalue weighted by molar-refractivity contribution is 1.69. The van der Waals surface area contributed by atoms with Crippen molar-refractivity contribution in [1.82, 2.24) is 0 Å². The molecule has 0 nitrogen and oxygen atoms in total. The average molecular weight is 191 g/mol. The van der Waals surface area contributed by atoms with Crippen LogP contribution >= 0.6 is 0 Å². The summed E-state index contributed by atoms with van der Waals surface area (Å²) in [7, 11) is -1.06. The predicted molar refractivity (Wildman–Crippen MR) is 66.9 cm³/mol. The first-order chi connectivity index (χ1) is 5.86. The average Bonchev–Trinajstić information content (AvgIpc) is 2.04. The standard InChI is InChI=1S/C11H20BSi/c1-12(2,13(3,4)5)11-9-7-6-8-10-11/h6-10H,1-5H3/q-1. The van der Waals surface area contributed by atoms with Crippen molar-refractivity contribution in [3.8, 4) is 0 Å². The Morgan fingerprint density at radius 1 is 0.923 bits per heavy atom. The molecule has 0 spiro atoms. The van der Waals surface area contributed by atoms with E-state index in [0.717, 1.165) is 0 Å². The van der Waals surface area contributed by atoms with Crippen LogP contribution in [-0.2, 0) is 0 Å². The molecule has 0 aliphatic rings. The van der Waals surface area contributed by atoms with Crippen LogP contribution < -0.4 is 5.46 Å². The summed E-state index contributed by atoms with van der Waals surface area (Å²) in [6.45, 7) is 12.2. The molecule has 13 heavy (non-hydrogen) atoms. The van der Waals surface area contributed by atoms with Gasteiger partial charge in [0.1, 0.15) is 0 Å². The third-order valence-corrected chi connectivity index (χ3v) is 8.46. The lowest BCUT2D eigenvalue weighted by Gasteiger charge is -2.44. The molecule has 0 unspecified atom stereocenters. The van der Waals surface area contributed by atoms with Crippen LogP contribution in [0.5, 0.6) is 0 Å². The number of hydrogen-bond donors (Lipinski definition) is 0. The van der Waals surface area contributed by atoms with Crippen molar-refractivity contribution in [2.75, 3.05) is 0 Å². The summed E-state index contributed by atoms with van der Waals surface area (Å²) in [4.78, 5) is 0. The van der Waals surface area contributed by atoms with Crippen LogP contribution in [-0.4, -0.2) is 13.7 Å². The van der Waals surface area contributed by atoms with Crippen LogP contribution in [0.4, 0.5) is 0 Å². The van der Waals surface area contributed by atoms with E-state index in [4.69, 9.17) is 0 Å². The summed E-state index contributed by atoms with van der Waals surface area (Å²) in [6, 6.07) is 11.0. The molecule has 2 heteroatoms. The monoisotopic (exact) mass is 191 g/mol. The van der Waals surface area contributed by atoms with Gasteiger partial charge in [0, 0.05) is 5.74 Å². The van der Waals surface area contributed by atoms with E-state index in [2.05, 4.69) is 63.6 Å². The zero-order valence-electron chi connectivity index (χ0n) is 9.46. The third-order valence-electron chi connectivity index (χ3n) is 3.80. The molecule has 0 aliphatic heterocycles. The highest BCUT2D eigenvalue weighted by molar-refractivity contribution is 7.45. The number of hydrogen-bond acceptors (Lipinski definition) is 0. The SMILES string of the molecule is C[B-](C)(c1ccccc1)[Si](C)(C)C. The smallest absolute Gasteiger partial charge is 0.0243 e. The first kappa shape index (κ1) is 10.6. The number of rotatable bonds is 2. The molecular formula is C11H20BSi-. The van der Waals surface area contributed by atoms with Crippen molar-refractivity contribution in [3.05, 3.63) is 30.3 Å². The van der Waals surface area contributed by atoms with E-state index < -0.39 is 7.94 Å². The molecule has 0 N–H and O–H groups in total. The summed E-state index contributed by atoms with van der Waals surface area (Å²) in [5, 5.41) is 0. The summed E-state index contributed by atoms with van der Waals surface area (Å²) in [5.74, 6) is 0. The van der Waals surface area contributed by atoms with Crippen molar-refractivity contribution in [2.24, 2.45) is 0 Å². The van der Waals surface area contributed by atoms with E-state index >= 15 is 0 Å². The van der Waals surface area contributed by atoms with Gasteiger partial charge in [-0.3, -0.25) is 0 Å². The minimum Gasteiger partial charge on any atom is -0.212 e. The van der Waals surface area contributed by atoms with Gasteiger partial charge in [-0.15, -0.1) is 0 Å². The first-order valence-corrected chi connectivity index (χ1v) is 8.72. The van der Waals surface area contributed by atoms with Gasteiger partial charge in [-0.05, 0) is 0 Å². The zero-order chi connectivity index (χ0) is 10.1. The fourth-order valence-corrected chi connectivity index (χ4v) is 2.63. The normalized spacial score (nSPS) is 13.0. The van der Waals surface area contributed by atoms with Crippen molar-refractivity contribution in [1.29, 1.82) is 0 Å². The van der Waals surface area contributed by atoms with E-state index in [0.29, 0.717) is 0 Å². The molecule has 0 aliphatic carbocycles. The van der Waals surface area contributed by atoms with Crippen LogP contribution in [0.3, 0.4) is 0 Å². The van der Waals surface area contributed by atoms with Crippen molar-refractivity contribution < 1.29 is 0 Å². The van der Waals surface area contributed by atoms with Gasteiger partial charge in [0.15, 0.2) is 0 Å². The second-order valence-corrected chi connectivity index (χ2v) is 11.8. The van der Waals surface area contributed by atoms with Gasteiger partial charge in [0.25, 0.3) is 0 Å². The molecule has 0 bridgehead atoms. The van der Waals surface area contributed by atoms with Gasteiger partial charge < -0.3 is 0 Å². The van der Waals surface area contributed by atoms with Crippen LogP contribution in [0.2, 0.25) is 33.3 Å². The van der Waals surface area contributed by atoms with Gasteiger partial charge in [-0.1, -0.05) is 57.9 Å². The minimum atomic E-state index is -1.06. The highest BCUT2D eigenvalue weighted by Gasteiger charge is 2.28. The second-order valence-electron chi connectivity index (χ2n) is 5.65. The van der Waals surface area contributed by atoms with Crippen molar-refractivity contribution in [2.45, 2.75) is 33.3 Å². The van der Waals surface area contributed by atoms with Crippen LogP contribution in [0, 0.1) is 0 Å². The maximum Gasteiger partial charge on any atom is 0.0243 e. The summed E-state index contributed by atoms with van der Waals surface area (Å²) in [6.07, 6.45) is 0. The molecule has 1 aromatic rings. The second kappa shape index (κ2) is 3.34. The first-order valence-electron chi connectivity index (χ1n) is 5.14. The fraction of sp³-hybridized carbons (Fsp3) is 0.455. The van der Waals surface area contributed by atoms with Crippen LogP contribution in [0.1, 0.15) is 0 Å². The summed E-state index contributed by atoms with van der Waals surface area (Å²) in [5.41, 5.74) is 1.23. The lowest BCUT2D eigenvalue weighted by atomic mass is 9.46. The molecule has 0 amide bonds. The Morgan fingerprint density at radius 2 is 1.38 bits per heavy atom. The summed E-state index contributed by atoms with van der Waals surface area (Å²) >= 11 is 0. The molecule has 0 atom stereocenters. The Kier molecular flexibility index (Phi) is 2.71. The molecule has 0 saturated carbocycles. The van der Waals surface area contributed by atoms with E-state index in [-0.39, 0.29) is 5.74 Å². The number of benzene rings is 1. The molecule has 1 aromatic carbocycles. The molecule has 0 saturated heterocycles. The molecule has 0 fully saturated rings. The minimum absolute atomic E-state index is 0.311. The molecule has 1 rings (SSSR count). The Labute approximate surface area is 83.2 Å². The maximum atomic E-state index is 2.46. The van der Waals surface area contributed by atoms with Gasteiger partial charge in [0.05, 0.1) is 0 Å². The lowest BCUT2D eigenvalue weighted by Crippen LogP contribution is -2.61. The van der Waals surface area contributed by atoms with E-state index in [1.807, 2.05) is 0 Å². The Morgan fingerprint density at radius 3 is 1.77 bits per heavy atom. The Balaban J connectivity index is 3.08. The van der Waals surface area contributed by atoms with E-state index in [9.17, 15) is 0 Å². The van der Waals surface area contributed by atoms with Crippen LogP contribution in [0.15, 0.2) is 30.3 Å². The largest absolute Gasteiger partial charge is 0.212 e. The van der Waals surface area contributed by atoms with Gasteiger partial charge >= 0.3 is 0 Å². The molecule has 0 heterocycles. The quantitative estimate of drug-likeness (QED) is 0.630. The molecule has 0 radical (unpaired) electrons. The Bertz CT molecular complexity index is 272. The van der Waals surface area contributed by atoms with Gasteiger partial charge in [-0.2, -0.15) is 13.6 Å². The maximum absolute atomic E-state index is 2.46. The third kappa shape index (κ3) is 2.05. The van der Waals surface area contributed by atoms with Gasteiger partial charge in [-0.25, -0.2) is 5.46 Å². The van der Waals surface area contributed by atoms with Crippen molar-refractivity contribution in [3.63, 3.8) is 0 Å². The topological polar surface area (TPSA) is 0 Å². The van der Waals surface area contributed by atoms with Crippen LogP contribution in [0.25, 0.3) is 0 Å². The van der Waals surface area contributed by atoms with Gasteiger partial charge in [0.2, 0.25) is 0 Å². The molecular weight excluding hydrogens is 171 g/mol. The van der Waals surface area contributed by atoms with E-state index in [1.165, 1.54) is 0 Å². The zero-order valence-corrected chi connectivity index (χ0v) is 10.5. The van der Waals surface area contributed by atoms with E-state index in [1.54, 1.807) is 5.46 Å². The fourth-order valence-electron chi connectivity index (χ4n) is 1.43. The predicted octanol–water partition coefficient (Wildman–Crippen LogP) is 3.02. The highest BCUT2D eigenvalue weighted by atomic mass is 28.3.